The fourth-order valence-electron chi connectivity index (χ4n) is 2.57. The average molecular weight is 360 g/mol. The van der Waals surface area contributed by atoms with Gasteiger partial charge in [0.2, 0.25) is 0 Å². The first-order valence-corrected chi connectivity index (χ1v) is 7.76. The zero-order valence-electron chi connectivity index (χ0n) is 13.5. The second kappa shape index (κ2) is 6.57. The monoisotopic (exact) mass is 359 g/mol. The van der Waals surface area contributed by atoms with Gasteiger partial charge in [0.15, 0.2) is 0 Å². The van der Waals surface area contributed by atoms with Crippen LogP contribution in [-0.4, -0.2) is 36.8 Å². The van der Waals surface area contributed by atoms with E-state index in [4.69, 9.17) is 21.1 Å². The van der Waals surface area contributed by atoms with E-state index in [1.807, 2.05) is 0 Å². The van der Waals surface area contributed by atoms with Gasteiger partial charge in [0.1, 0.15) is 12.4 Å². The lowest BCUT2D eigenvalue weighted by Gasteiger charge is -2.10. The third-order valence-electron chi connectivity index (χ3n) is 3.93. The van der Waals surface area contributed by atoms with E-state index in [0.29, 0.717) is 16.3 Å². The molecule has 7 heteroatoms. The van der Waals surface area contributed by atoms with Crippen LogP contribution in [0.15, 0.2) is 36.4 Å². The number of nitrogens with zero attached hydrogens (tertiary/aromatic N) is 1. The molecule has 1 aliphatic rings. The van der Waals surface area contributed by atoms with E-state index < -0.39 is 11.9 Å². The Morgan fingerprint density at radius 1 is 1.08 bits per heavy atom. The minimum atomic E-state index is -0.611. The molecule has 6 nitrogen and oxygen atoms in total. The summed E-state index contributed by atoms with van der Waals surface area (Å²) in [5.41, 5.74) is 1.29. The van der Waals surface area contributed by atoms with Gasteiger partial charge < -0.3 is 9.47 Å². The van der Waals surface area contributed by atoms with E-state index in [1.165, 1.54) is 32.4 Å². The van der Waals surface area contributed by atoms with Crippen LogP contribution in [0.2, 0.25) is 5.02 Å². The molecule has 128 valence electrons. The summed E-state index contributed by atoms with van der Waals surface area (Å²) < 4.78 is 10.5. The summed E-state index contributed by atoms with van der Waals surface area (Å²) in [5, 5.41) is 0.497. The number of carbonyl (C=O) groups excluding carboxylic acids is 3. The summed E-state index contributed by atoms with van der Waals surface area (Å²) in [5.74, 6) is -0.886. The fraction of sp³-hybridized carbons (Fsp3) is 0.167. The Labute approximate surface area is 148 Å². The van der Waals surface area contributed by atoms with Gasteiger partial charge in [0.25, 0.3) is 11.8 Å². The smallest absolute Gasteiger partial charge is 0.338 e. The van der Waals surface area contributed by atoms with E-state index in [-0.39, 0.29) is 29.2 Å². The molecule has 2 aromatic carbocycles. The molecule has 0 spiro atoms. The highest BCUT2D eigenvalue weighted by molar-refractivity contribution is 6.30. The normalized spacial score (nSPS) is 13.0. The van der Waals surface area contributed by atoms with Gasteiger partial charge in [0, 0.05) is 17.6 Å². The lowest BCUT2D eigenvalue weighted by Crippen LogP contribution is -2.24. The highest BCUT2D eigenvalue weighted by atomic mass is 35.5. The molecule has 1 aliphatic heterocycles. The molecule has 3 rings (SSSR count). The summed E-state index contributed by atoms with van der Waals surface area (Å²) in [4.78, 5) is 37.1. The van der Waals surface area contributed by atoms with Crippen LogP contribution in [0, 0.1) is 0 Å². The summed E-state index contributed by atoms with van der Waals surface area (Å²) in [6, 6.07) is 9.28. The maximum atomic E-state index is 12.3. The van der Waals surface area contributed by atoms with Gasteiger partial charge in [-0.15, -0.1) is 0 Å². The first kappa shape index (κ1) is 17.0. The van der Waals surface area contributed by atoms with Crippen molar-refractivity contribution < 1.29 is 23.9 Å². The summed E-state index contributed by atoms with van der Waals surface area (Å²) in [7, 11) is 2.91. The number of ether oxygens (including phenoxy) is 2. The Bertz CT molecular complexity index is 893. The van der Waals surface area contributed by atoms with Crippen LogP contribution in [0.4, 0.5) is 0 Å². The first-order valence-electron chi connectivity index (χ1n) is 7.38. The number of methoxy groups -OCH3 is 1. The quantitative estimate of drug-likeness (QED) is 0.620. The van der Waals surface area contributed by atoms with Crippen LogP contribution in [0.25, 0.3) is 0 Å². The van der Waals surface area contributed by atoms with Crippen molar-refractivity contribution in [2.24, 2.45) is 0 Å². The standard InChI is InChI=1S/C18H14ClNO5/c1-20-16(21)13-5-3-10(8-14(13)17(20)22)18(23)25-9-11-7-12(19)4-6-15(11)24-2/h3-8H,9H2,1-2H3. The van der Waals surface area contributed by atoms with E-state index in [2.05, 4.69) is 0 Å². The van der Waals surface area contributed by atoms with Crippen LogP contribution in [0.3, 0.4) is 0 Å². The van der Waals surface area contributed by atoms with Crippen molar-refractivity contribution in [1.29, 1.82) is 0 Å². The molecule has 0 bridgehead atoms. The molecule has 0 aliphatic carbocycles. The van der Waals surface area contributed by atoms with Gasteiger partial charge in [-0.05, 0) is 36.4 Å². The van der Waals surface area contributed by atoms with Gasteiger partial charge in [-0.3, -0.25) is 14.5 Å². The van der Waals surface area contributed by atoms with Crippen molar-refractivity contribution in [3.05, 3.63) is 63.7 Å². The molecule has 0 atom stereocenters. The third-order valence-corrected chi connectivity index (χ3v) is 4.16. The van der Waals surface area contributed by atoms with Gasteiger partial charge in [-0.25, -0.2) is 4.79 Å². The molecule has 2 amide bonds. The SMILES string of the molecule is COc1ccc(Cl)cc1COC(=O)c1ccc2c(c1)C(=O)N(C)C2=O. The number of hydrogen-bond donors (Lipinski definition) is 0. The van der Waals surface area contributed by atoms with Gasteiger partial charge in [0.05, 0.1) is 23.8 Å². The van der Waals surface area contributed by atoms with Crippen LogP contribution in [0.1, 0.15) is 36.6 Å². The van der Waals surface area contributed by atoms with Crippen molar-refractivity contribution in [3.63, 3.8) is 0 Å². The van der Waals surface area contributed by atoms with Crippen molar-refractivity contribution in [2.75, 3.05) is 14.2 Å². The Morgan fingerprint density at radius 3 is 2.52 bits per heavy atom. The number of halogens is 1. The molecule has 2 aromatic rings. The zero-order chi connectivity index (χ0) is 18.1. The molecule has 1 heterocycles. The number of hydrogen-bond acceptors (Lipinski definition) is 5. The molecule has 0 aromatic heterocycles. The van der Waals surface area contributed by atoms with E-state index in [0.717, 1.165) is 4.90 Å². The molecule has 0 saturated carbocycles. The van der Waals surface area contributed by atoms with Crippen molar-refractivity contribution >= 4 is 29.4 Å². The van der Waals surface area contributed by atoms with Crippen LogP contribution >= 0.6 is 11.6 Å². The van der Waals surface area contributed by atoms with E-state index in [1.54, 1.807) is 18.2 Å². The first-order chi connectivity index (χ1) is 11.9. The number of fused-ring (bicyclic) bond motifs is 1. The molecule has 0 fully saturated rings. The second-order valence-electron chi connectivity index (χ2n) is 5.46. The number of rotatable bonds is 4. The van der Waals surface area contributed by atoms with E-state index >= 15 is 0 Å². The second-order valence-corrected chi connectivity index (χ2v) is 5.90. The Hall–Kier alpha value is -2.86. The predicted octanol–water partition coefficient (Wildman–Crippen LogP) is 2.93. The average Bonchev–Trinajstić information content (AvgIpc) is 2.84. The van der Waals surface area contributed by atoms with Gasteiger partial charge in [-0.2, -0.15) is 0 Å². The number of carbonyl (C=O) groups is 3. The van der Waals surface area contributed by atoms with Crippen LogP contribution in [0.5, 0.6) is 5.75 Å². The number of benzene rings is 2. The maximum absolute atomic E-state index is 12.3. The predicted molar refractivity (Wildman–Crippen MR) is 90.0 cm³/mol. The third kappa shape index (κ3) is 3.08. The lowest BCUT2D eigenvalue weighted by molar-refractivity contribution is 0.0470. The largest absolute Gasteiger partial charge is 0.496 e. The Morgan fingerprint density at radius 2 is 1.80 bits per heavy atom. The van der Waals surface area contributed by atoms with E-state index in [9.17, 15) is 14.4 Å². The number of esters is 1. The van der Waals surface area contributed by atoms with Crippen molar-refractivity contribution in [3.8, 4) is 5.75 Å². The summed E-state index contributed by atoms with van der Waals surface area (Å²) >= 11 is 5.94. The summed E-state index contributed by atoms with van der Waals surface area (Å²) in [6.07, 6.45) is 0. The lowest BCUT2D eigenvalue weighted by atomic mass is 10.1. The topological polar surface area (TPSA) is 72.9 Å². The van der Waals surface area contributed by atoms with Gasteiger partial charge >= 0.3 is 5.97 Å². The van der Waals surface area contributed by atoms with Crippen LogP contribution in [-0.2, 0) is 11.3 Å². The fourth-order valence-corrected chi connectivity index (χ4v) is 2.77. The molecule has 0 saturated heterocycles. The molecule has 25 heavy (non-hydrogen) atoms. The molecule has 0 unspecified atom stereocenters. The Kier molecular flexibility index (Phi) is 4.46. The Balaban J connectivity index is 1.78. The number of amides is 2. The minimum absolute atomic E-state index is 0.0353. The van der Waals surface area contributed by atoms with Gasteiger partial charge in [-0.1, -0.05) is 11.6 Å². The minimum Gasteiger partial charge on any atom is -0.496 e. The highest BCUT2D eigenvalue weighted by Gasteiger charge is 2.33. The number of imide groups is 1. The molecule has 0 N–H and O–H groups in total. The molecular formula is C18H14ClNO5. The molecular weight excluding hydrogens is 346 g/mol. The summed E-state index contributed by atoms with van der Waals surface area (Å²) in [6.45, 7) is -0.0353. The van der Waals surface area contributed by atoms with Crippen molar-refractivity contribution in [2.45, 2.75) is 6.61 Å². The van der Waals surface area contributed by atoms with Crippen LogP contribution < -0.4 is 4.74 Å². The van der Waals surface area contributed by atoms with Crippen molar-refractivity contribution in [1.82, 2.24) is 4.90 Å². The highest BCUT2D eigenvalue weighted by Crippen LogP contribution is 2.25. The zero-order valence-corrected chi connectivity index (χ0v) is 14.3. The molecule has 0 radical (unpaired) electrons. The maximum Gasteiger partial charge on any atom is 0.338 e.